The Hall–Kier alpha value is -0.120. The predicted octanol–water partition coefficient (Wildman–Crippen LogP) is 0.496. The molecule has 12 heavy (non-hydrogen) atoms. The molecule has 0 aromatic rings. The fourth-order valence-electron chi connectivity index (χ4n) is 1.75. The zero-order valence-electron chi connectivity index (χ0n) is 7.66. The van der Waals surface area contributed by atoms with Gasteiger partial charge in [0.1, 0.15) is 0 Å². The van der Waals surface area contributed by atoms with E-state index >= 15 is 0 Å². The van der Waals surface area contributed by atoms with Gasteiger partial charge in [-0.2, -0.15) is 0 Å². The molecule has 0 aliphatic carbocycles. The Kier molecular flexibility index (Phi) is 2.63. The second-order valence-electron chi connectivity index (χ2n) is 3.59. The highest BCUT2D eigenvalue weighted by Gasteiger charge is 2.29. The van der Waals surface area contributed by atoms with Gasteiger partial charge in [0.2, 0.25) is 0 Å². The smallest absolute Gasteiger partial charge is 0.0700 e. The molecule has 0 aromatic heterocycles. The molecule has 2 saturated heterocycles. The van der Waals surface area contributed by atoms with Crippen molar-refractivity contribution >= 4 is 0 Å². The first-order valence-electron chi connectivity index (χ1n) is 4.83. The van der Waals surface area contributed by atoms with Crippen molar-refractivity contribution in [1.82, 2.24) is 4.90 Å². The molecule has 70 valence electrons. The number of hydrogen-bond donors (Lipinski definition) is 0. The summed E-state index contributed by atoms with van der Waals surface area (Å²) in [5.41, 5.74) is 0. The SMILES string of the molecule is CC[C@H]1CN(C2COC2)CCO1. The zero-order chi connectivity index (χ0) is 8.39. The molecule has 0 spiro atoms. The lowest BCUT2D eigenvalue weighted by Crippen LogP contribution is -2.55. The molecule has 2 aliphatic heterocycles. The van der Waals surface area contributed by atoms with Gasteiger partial charge < -0.3 is 9.47 Å². The van der Waals surface area contributed by atoms with E-state index in [9.17, 15) is 0 Å². The van der Waals surface area contributed by atoms with Crippen LogP contribution in [0, 0.1) is 0 Å². The maximum atomic E-state index is 5.59. The highest BCUT2D eigenvalue weighted by atomic mass is 16.5. The topological polar surface area (TPSA) is 21.7 Å². The Morgan fingerprint density at radius 1 is 1.42 bits per heavy atom. The Balaban J connectivity index is 1.81. The first kappa shape index (κ1) is 8.48. The van der Waals surface area contributed by atoms with E-state index in [1.165, 1.54) is 0 Å². The summed E-state index contributed by atoms with van der Waals surface area (Å²) in [5.74, 6) is 0. The van der Waals surface area contributed by atoms with Crippen LogP contribution in [-0.2, 0) is 9.47 Å². The standard InChI is InChI=1S/C9H17NO2/c1-2-9-5-10(3-4-12-9)8-6-11-7-8/h8-9H,2-7H2,1H3/t9-/m0/s1. The minimum atomic E-state index is 0.458. The van der Waals surface area contributed by atoms with Crippen molar-refractivity contribution in [2.45, 2.75) is 25.5 Å². The lowest BCUT2D eigenvalue weighted by atomic mass is 10.1. The molecule has 0 N–H and O–H groups in total. The first-order chi connectivity index (χ1) is 5.90. The monoisotopic (exact) mass is 171 g/mol. The van der Waals surface area contributed by atoms with Crippen molar-refractivity contribution in [2.24, 2.45) is 0 Å². The fourth-order valence-corrected chi connectivity index (χ4v) is 1.75. The van der Waals surface area contributed by atoms with Crippen LogP contribution < -0.4 is 0 Å². The number of morpholine rings is 1. The van der Waals surface area contributed by atoms with E-state index in [1.54, 1.807) is 0 Å². The van der Waals surface area contributed by atoms with Gasteiger partial charge in [-0.25, -0.2) is 0 Å². The molecule has 0 amide bonds. The van der Waals surface area contributed by atoms with Gasteiger partial charge in [-0.1, -0.05) is 6.92 Å². The van der Waals surface area contributed by atoms with Crippen LogP contribution in [0.2, 0.25) is 0 Å². The average molecular weight is 171 g/mol. The van der Waals surface area contributed by atoms with E-state index in [-0.39, 0.29) is 0 Å². The van der Waals surface area contributed by atoms with Gasteiger partial charge in [-0.05, 0) is 6.42 Å². The number of ether oxygens (including phenoxy) is 2. The number of hydrogen-bond acceptors (Lipinski definition) is 3. The third kappa shape index (κ3) is 1.63. The van der Waals surface area contributed by atoms with E-state index in [1.807, 2.05) is 0 Å². The third-order valence-corrected chi connectivity index (χ3v) is 2.76. The fraction of sp³-hybridized carbons (Fsp3) is 1.00. The van der Waals surface area contributed by atoms with Crippen LogP contribution in [0.25, 0.3) is 0 Å². The second kappa shape index (κ2) is 3.73. The molecule has 1 atom stereocenters. The van der Waals surface area contributed by atoms with Crippen molar-refractivity contribution < 1.29 is 9.47 Å². The van der Waals surface area contributed by atoms with Gasteiger partial charge >= 0.3 is 0 Å². The molecule has 0 unspecified atom stereocenters. The van der Waals surface area contributed by atoms with Gasteiger partial charge in [0.05, 0.1) is 32.0 Å². The Morgan fingerprint density at radius 3 is 2.83 bits per heavy atom. The summed E-state index contributed by atoms with van der Waals surface area (Å²) in [6, 6.07) is 0.683. The Bertz CT molecular complexity index is 147. The maximum Gasteiger partial charge on any atom is 0.0700 e. The molecule has 2 heterocycles. The van der Waals surface area contributed by atoms with Crippen LogP contribution in [0.1, 0.15) is 13.3 Å². The van der Waals surface area contributed by atoms with Crippen molar-refractivity contribution in [3.8, 4) is 0 Å². The molecule has 0 bridgehead atoms. The van der Waals surface area contributed by atoms with E-state index < -0.39 is 0 Å². The molecule has 2 aliphatic rings. The van der Waals surface area contributed by atoms with Crippen LogP contribution in [0.4, 0.5) is 0 Å². The van der Waals surface area contributed by atoms with Crippen LogP contribution in [0.3, 0.4) is 0 Å². The maximum absolute atomic E-state index is 5.59. The van der Waals surface area contributed by atoms with Crippen LogP contribution in [0.15, 0.2) is 0 Å². The highest BCUT2D eigenvalue weighted by molar-refractivity contribution is 4.81. The van der Waals surface area contributed by atoms with E-state index in [0.717, 1.165) is 39.3 Å². The summed E-state index contributed by atoms with van der Waals surface area (Å²) in [7, 11) is 0. The minimum Gasteiger partial charge on any atom is -0.378 e. The Labute approximate surface area is 73.6 Å². The highest BCUT2D eigenvalue weighted by Crippen LogP contribution is 2.15. The minimum absolute atomic E-state index is 0.458. The normalized spacial score (nSPS) is 33.2. The molecule has 2 rings (SSSR count). The summed E-state index contributed by atoms with van der Waals surface area (Å²) in [4.78, 5) is 2.50. The number of nitrogens with zero attached hydrogens (tertiary/aromatic N) is 1. The van der Waals surface area contributed by atoms with Gasteiger partial charge in [0.25, 0.3) is 0 Å². The van der Waals surface area contributed by atoms with Crippen molar-refractivity contribution in [3.05, 3.63) is 0 Å². The molecule has 2 fully saturated rings. The zero-order valence-corrected chi connectivity index (χ0v) is 7.66. The predicted molar refractivity (Wildman–Crippen MR) is 46.2 cm³/mol. The van der Waals surface area contributed by atoms with E-state index in [2.05, 4.69) is 11.8 Å². The molecule has 0 aromatic carbocycles. The lowest BCUT2D eigenvalue weighted by Gasteiger charge is -2.41. The first-order valence-corrected chi connectivity index (χ1v) is 4.83. The van der Waals surface area contributed by atoms with Crippen molar-refractivity contribution in [1.29, 1.82) is 0 Å². The van der Waals surface area contributed by atoms with E-state index in [0.29, 0.717) is 12.1 Å². The lowest BCUT2D eigenvalue weighted by molar-refractivity contribution is -0.114. The molecular formula is C9H17NO2. The molecule has 3 heteroatoms. The van der Waals surface area contributed by atoms with Crippen LogP contribution in [-0.4, -0.2) is 50.0 Å². The molecule has 3 nitrogen and oxygen atoms in total. The summed E-state index contributed by atoms with van der Waals surface area (Å²) >= 11 is 0. The largest absolute Gasteiger partial charge is 0.378 e. The molecule has 0 radical (unpaired) electrons. The van der Waals surface area contributed by atoms with E-state index in [4.69, 9.17) is 9.47 Å². The average Bonchev–Trinajstić information content (AvgIpc) is 2.02. The molecule has 0 saturated carbocycles. The number of rotatable bonds is 2. The quantitative estimate of drug-likeness (QED) is 0.604. The molecular weight excluding hydrogens is 154 g/mol. The summed E-state index contributed by atoms with van der Waals surface area (Å²) in [6.45, 7) is 7.13. The summed E-state index contributed by atoms with van der Waals surface area (Å²) in [6.07, 6.45) is 1.59. The van der Waals surface area contributed by atoms with Gasteiger partial charge in [0, 0.05) is 13.1 Å². The summed E-state index contributed by atoms with van der Waals surface area (Å²) < 4.78 is 10.8. The second-order valence-corrected chi connectivity index (χ2v) is 3.59. The third-order valence-electron chi connectivity index (χ3n) is 2.76. The van der Waals surface area contributed by atoms with Crippen molar-refractivity contribution in [2.75, 3.05) is 32.9 Å². The van der Waals surface area contributed by atoms with Gasteiger partial charge in [0.15, 0.2) is 0 Å². The summed E-state index contributed by atoms with van der Waals surface area (Å²) in [5, 5.41) is 0. The van der Waals surface area contributed by atoms with Gasteiger partial charge in [-0.15, -0.1) is 0 Å². The van der Waals surface area contributed by atoms with Crippen LogP contribution >= 0.6 is 0 Å². The van der Waals surface area contributed by atoms with Gasteiger partial charge in [-0.3, -0.25) is 4.90 Å². The van der Waals surface area contributed by atoms with Crippen molar-refractivity contribution in [3.63, 3.8) is 0 Å². The Morgan fingerprint density at radius 2 is 2.25 bits per heavy atom. The van der Waals surface area contributed by atoms with Crippen LogP contribution in [0.5, 0.6) is 0 Å².